The molecule has 0 radical (unpaired) electrons. The third-order valence-electron chi connectivity index (χ3n) is 4.38. The van der Waals surface area contributed by atoms with Crippen molar-refractivity contribution in [1.82, 2.24) is 0 Å². The van der Waals surface area contributed by atoms with Gasteiger partial charge in [-0.25, -0.2) is 0 Å². The van der Waals surface area contributed by atoms with Crippen LogP contribution >= 0.6 is 0 Å². The van der Waals surface area contributed by atoms with Gasteiger partial charge in [-0.05, 0) is 37.8 Å². The van der Waals surface area contributed by atoms with Crippen molar-refractivity contribution in [2.45, 2.75) is 105 Å². The largest absolute Gasteiger partial charge is 0.330 e. The van der Waals surface area contributed by atoms with Crippen LogP contribution < -0.4 is 5.73 Å². The Bertz CT molecular complexity index is 321. The lowest BCUT2D eigenvalue weighted by atomic mass is 9.77. The zero-order chi connectivity index (χ0) is 17.6. The van der Waals surface area contributed by atoms with Crippen LogP contribution in [0.15, 0.2) is 11.6 Å². The number of allylic oxidation sites excluding steroid dienone is 2. The topological polar surface area (TPSA) is 43.1 Å². The Morgan fingerprint density at radius 3 is 1.78 bits per heavy atom. The minimum atomic E-state index is 0.204. The third kappa shape index (κ3) is 14.7. The van der Waals surface area contributed by atoms with E-state index in [2.05, 4.69) is 20.8 Å². The molecule has 0 spiro atoms. The van der Waals surface area contributed by atoms with E-state index >= 15 is 0 Å². The maximum Gasteiger partial charge on any atom is 0.156 e. The van der Waals surface area contributed by atoms with Gasteiger partial charge in [0.25, 0.3) is 0 Å². The van der Waals surface area contributed by atoms with E-state index in [9.17, 15) is 4.79 Å². The molecule has 0 heterocycles. The molecular formula is C21H41NO. The Morgan fingerprint density at radius 1 is 0.913 bits per heavy atom. The second kappa shape index (κ2) is 13.8. The van der Waals surface area contributed by atoms with Crippen LogP contribution in [0, 0.1) is 5.41 Å². The molecule has 0 amide bonds. The monoisotopic (exact) mass is 323 g/mol. The van der Waals surface area contributed by atoms with Gasteiger partial charge < -0.3 is 5.73 Å². The molecule has 1 rings (SSSR count). The lowest BCUT2D eigenvalue weighted by molar-refractivity contribution is -0.117. The summed E-state index contributed by atoms with van der Waals surface area (Å²) in [6.07, 6.45) is 17.5. The maximum absolute atomic E-state index is 11.0. The predicted octanol–water partition coefficient (Wildman–Crippen LogP) is 6.19. The fourth-order valence-electron chi connectivity index (χ4n) is 3.30. The first kappa shape index (κ1) is 22.4. The molecule has 136 valence electrons. The fourth-order valence-corrected chi connectivity index (χ4v) is 3.30. The van der Waals surface area contributed by atoms with Gasteiger partial charge in [-0.1, -0.05) is 84.1 Å². The van der Waals surface area contributed by atoms with Gasteiger partial charge in [0.2, 0.25) is 0 Å². The van der Waals surface area contributed by atoms with Gasteiger partial charge >= 0.3 is 0 Å². The summed E-state index contributed by atoms with van der Waals surface area (Å²) >= 11 is 0. The molecule has 2 heteroatoms. The molecule has 0 saturated carbocycles. The van der Waals surface area contributed by atoms with E-state index in [1.807, 2.05) is 6.92 Å². The molecule has 0 aliphatic heterocycles. The first-order chi connectivity index (χ1) is 10.9. The quantitative estimate of drug-likeness (QED) is 0.487. The highest BCUT2D eigenvalue weighted by Crippen LogP contribution is 2.32. The summed E-state index contributed by atoms with van der Waals surface area (Å²) in [6.45, 7) is 9.45. The lowest BCUT2D eigenvalue weighted by Crippen LogP contribution is -2.20. The summed E-state index contributed by atoms with van der Waals surface area (Å²) < 4.78 is 0. The molecule has 2 N–H and O–H groups in total. The summed E-state index contributed by atoms with van der Waals surface area (Å²) in [5.74, 6) is 0.286. The molecular weight excluding hydrogens is 282 g/mol. The zero-order valence-corrected chi connectivity index (χ0v) is 16.3. The smallest absolute Gasteiger partial charge is 0.156 e. The van der Waals surface area contributed by atoms with E-state index in [4.69, 9.17) is 5.73 Å². The average molecular weight is 324 g/mol. The van der Waals surface area contributed by atoms with Crippen molar-refractivity contribution >= 4 is 5.78 Å². The van der Waals surface area contributed by atoms with Gasteiger partial charge in [0.1, 0.15) is 0 Å². The number of ketones is 1. The van der Waals surface area contributed by atoms with Gasteiger partial charge in [0, 0.05) is 6.42 Å². The fraction of sp³-hybridized carbons (Fsp3) is 0.857. The van der Waals surface area contributed by atoms with Gasteiger partial charge in [0.05, 0.1) is 0 Å². The molecule has 0 atom stereocenters. The average Bonchev–Trinajstić information content (AvgIpc) is 2.43. The van der Waals surface area contributed by atoms with E-state index in [0.717, 1.165) is 13.0 Å². The Kier molecular flexibility index (Phi) is 13.4. The van der Waals surface area contributed by atoms with Crippen molar-refractivity contribution in [3.05, 3.63) is 11.6 Å². The van der Waals surface area contributed by atoms with Crippen LogP contribution in [0.4, 0.5) is 0 Å². The first-order valence-electron chi connectivity index (χ1n) is 9.81. The van der Waals surface area contributed by atoms with E-state index in [0.29, 0.717) is 6.42 Å². The van der Waals surface area contributed by atoms with Gasteiger partial charge in [-0.2, -0.15) is 0 Å². The second-order valence-corrected chi connectivity index (χ2v) is 7.95. The molecule has 1 aliphatic rings. The summed E-state index contributed by atoms with van der Waals surface area (Å²) in [6, 6.07) is 0. The van der Waals surface area contributed by atoms with Crippen molar-refractivity contribution in [3.63, 3.8) is 0 Å². The molecule has 0 saturated heterocycles. The number of nitrogens with two attached hydrogens (primary N) is 1. The van der Waals surface area contributed by atoms with Crippen LogP contribution in [0.2, 0.25) is 0 Å². The summed E-state index contributed by atoms with van der Waals surface area (Å²) in [4.78, 5) is 11.0. The van der Waals surface area contributed by atoms with Crippen molar-refractivity contribution < 1.29 is 4.79 Å². The van der Waals surface area contributed by atoms with E-state index in [1.54, 1.807) is 6.08 Å². The normalized spacial score (nSPS) is 16.6. The zero-order valence-electron chi connectivity index (χ0n) is 16.3. The highest BCUT2D eigenvalue weighted by molar-refractivity contribution is 5.91. The Hall–Kier alpha value is -0.630. The van der Waals surface area contributed by atoms with Crippen LogP contribution in [-0.4, -0.2) is 12.3 Å². The highest BCUT2D eigenvalue weighted by Gasteiger charge is 2.25. The van der Waals surface area contributed by atoms with Crippen LogP contribution in [0.3, 0.4) is 0 Å². The maximum atomic E-state index is 11.0. The third-order valence-corrected chi connectivity index (χ3v) is 4.38. The van der Waals surface area contributed by atoms with E-state index < -0.39 is 0 Å². The molecule has 2 nitrogen and oxygen atoms in total. The molecule has 23 heavy (non-hydrogen) atoms. The van der Waals surface area contributed by atoms with Gasteiger partial charge in [-0.3, -0.25) is 4.79 Å². The number of carbonyl (C=O) groups is 1. The van der Waals surface area contributed by atoms with Crippen molar-refractivity contribution in [2.24, 2.45) is 11.1 Å². The SMILES string of the molecule is CC1=CC(=O)CC(C)(C)C1.CCCCCCCCCCCCN. The number of hydrogen-bond acceptors (Lipinski definition) is 2. The standard InChI is InChI=1S/C12H27N.C9H14O/c1-2-3-4-5-6-7-8-9-10-11-12-13;1-7-4-8(10)6-9(2,3)5-7/h2-13H2,1H3;4H,5-6H2,1-3H3. The molecule has 0 bridgehead atoms. The van der Waals surface area contributed by atoms with Crippen LogP contribution in [-0.2, 0) is 4.79 Å². The number of carbonyl (C=O) groups excluding carboxylic acids is 1. The van der Waals surface area contributed by atoms with Crippen molar-refractivity contribution in [1.29, 1.82) is 0 Å². The van der Waals surface area contributed by atoms with E-state index in [-0.39, 0.29) is 11.2 Å². The van der Waals surface area contributed by atoms with Crippen molar-refractivity contribution in [2.75, 3.05) is 6.54 Å². The lowest BCUT2D eigenvalue weighted by Gasteiger charge is -2.27. The number of rotatable bonds is 10. The molecule has 1 aliphatic carbocycles. The van der Waals surface area contributed by atoms with Crippen LogP contribution in [0.25, 0.3) is 0 Å². The summed E-state index contributed by atoms with van der Waals surface area (Å²) in [7, 11) is 0. The van der Waals surface area contributed by atoms with Crippen LogP contribution in [0.5, 0.6) is 0 Å². The number of unbranched alkanes of at least 4 members (excludes halogenated alkanes) is 9. The summed E-state index contributed by atoms with van der Waals surface area (Å²) in [5, 5.41) is 0. The highest BCUT2D eigenvalue weighted by atomic mass is 16.1. The molecule has 0 unspecified atom stereocenters. The second-order valence-electron chi connectivity index (χ2n) is 7.95. The first-order valence-corrected chi connectivity index (χ1v) is 9.81. The predicted molar refractivity (Wildman–Crippen MR) is 103 cm³/mol. The van der Waals surface area contributed by atoms with Gasteiger partial charge in [-0.15, -0.1) is 0 Å². The number of hydrogen-bond donors (Lipinski definition) is 1. The van der Waals surface area contributed by atoms with Crippen molar-refractivity contribution in [3.8, 4) is 0 Å². The molecule has 0 fully saturated rings. The van der Waals surface area contributed by atoms with Crippen LogP contribution in [0.1, 0.15) is 105 Å². The van der Waals surface area contributed by atoms with Gasteiger partial charge in [0.15, 0.2) is 5.78 Å². The Morgan fingerprint density at radius 2 is 1.39 bits per heavy atom. The molecule has 0 aromatic rings. The molecule has 0 aromatic carbocycles. The van der Waals surface area contributed by atoms with E-state index in [1.165, 1.54) is 69.8 Å². The minimum Gasteiger partial charge on any atom is -0.330 e. The summed E-state index contributed by atoms with van der Waals surface area (Å²) in [5.41, 5.74) is 6.85. The Balaban J connectivity index is 0.000000433. The Labute approximate surface area is 145 Å². The minimum absolute atomic E-state index is 0.204. The molecule has 0 aromatic heterocycles.